The van der Waals surface area contributed by atoms with Gasteiger partial charge in [0, 0.05) is 27.4 Å². The van der Waals surface area contributed by atoms with Gasteiger partial charge in [0.1, 0.15) is 0 Å². The van der Waals surface area contributed by atoms with Crippen molar-refractivity contribution >= 4 is 0 Å². The van der Waals surface area contributed by atoms with Gasteiger partial charge < -0.3 is 9.47 Å². The summed E-state index contributed by atoms with van der Waals surface area (Å²) < 4.78 is 11.0. The maximum absolute atomic E-state index is 5.50. The van der Waals surface area contributed by atoms with E-state index in [1.165, 1.54) is 77.0 Å². The first-order valence-corrected chi connectivity index (χ1v) is 9.77. The van der Waals surface area contributed by atoms with Gasteiger partial charge in [-0.3, -0.25) is 0 Å². The predicted molar refractivity (Wildman–Crippen MR) is 97.5 cm³/mol. The third-order valence-electron chi connectivity index (χ3n) is 4.79. The summed E-state index contributed by atoms with van der Waals surface area (Å²) in [5.41, 5.74) is 0. The van der Waals surface area contributed by atoms with E-state index in [9.17, 15) is 0 Å². The highest BCUT2D eigenvalue weighted by atomic mass is 16.5. The van der Waals surface area contributed by atoms with Gasteiger partial charge in [0.25, 0.3) is 0 Å². The van der Waals surface area contributed by atoms with Gasteiger partial charge in [-0.1, -0.05) is 78.1 Å². The van der Waals surface area contributed by atoms with Crippen molar-refractivity contribution in [3.63, 3.8) is 0 Å². The van der Waals surface area contributed by atoms with Gasteiger partial charge in [0.2, 0.25) is 0 Å². The molecule has 0 fully saturated rings. The lowest BCUT2D eigenvalue weighted by Crippen LogP contribution is -2.24. The smallest absolute Gasteiger partial charge is 0.0493 e. The van der Waals surface area contributed by atoms with Gasteiger partial charge in [0.05, 0.1) is 0 Å². The molecule has 0 aliphatic carbocycles. The molecule has 0 N–H and O–H groups in total. The Morgan fingerprint density at radius 1 is 0.545 bits per heavy atom. The molecule has 2 unspecified atom stereocenters. The van der Waals surface area contributed by atoms with Crippen LogP contribution in [0.5, 0.6) is 0 Å². The minimum absolute atomic E-state index is 0.678. The van der Waals surface area contributed by atoms with Crippen molar-refractivity contribution in [1.82, 2.24) is 0 Å². The largest absolute Gasteiger partial charge is 0.384 e. The maximum Gasteiger partial charge on any atom is 0.0493 e. The quantitative estimate of drug-likeness (QED) is 0.296. The molecular weight excluding hydrogens is 272 g/mol. The van der Waals surface area contributed by atoms with Crippen LogP contribution in [0.3, 0.4) is 0 Å². The summed E-state index contributed by atoms with van der Waals surface area (Å²) in [6.07, 6.45) is 16.3. The first kappa shape index (κ1) is 21.9. The maximum atomic E-state index is 5.50. The second-order valence-electron chi connectivity index (χ2n) is 6.84. The third kappa shape index (κ3) is 12.5. The third-order valence-corrected chi connectivity index (χ3v) is 4.79. The van der Waals surface area contributed by atoms with Crippen molar-refractivity contribution in [3.8, 4) is 0 Å². The van der Waals surface area contributed by atoms with Gasteiger partial charge in [-0.25, -0.2) is 0 Å². The minimum Gasteiger partial charge on any atom is -0.384 e. The summed E-state index contributed by atoms with van der Waals surface area (Å²) >= 11 is 0. The SMILES string of the molecule is CCCCCCCCC(COC)C(CCCCCC)COC. The van der Waals surface area contributed by atoms with Crippen molar-refractivity contribution in [2.24, 2.45) is 11.8 Å². The molecule has 0 spiro atoms. The Labute approximate surface area is 140 Å². The highest BCUT2D eigenvalue weighted by Crippen LogP contribution is 2.26. The van der Waals surface area contributed by atoms with Crippen LogP contribution in [0.1, 0.15) is 90.9 Å². The van der Waals surface area contributed by atoms with E-state index in [0.29, 0.717) is 11.8 Å². The molecule has 0 aromatic rings. The van der Waals surface area contributed by atoms with E-state index >= 15 is 0 Å². The summed E-state index contributed by atoms with van der Waals surface area (Å²) in [6.45, 7) is 6.36. The molecule has 0 aromatic carbocycles. The molecule has 2 nitrogen and oxygen atoms in total. The lowest BCUT2D eigenvalue weighted by Gasteiger charge is -2.26. The standard InChI is InChI=1S/C20H42O2/c1-5-7-9-11-12-14-16-20(18-22-4)19(17-21-3)15-13-10-8-6-2/h19-20H,5-18H2,1-4H3. The topological polar surface area (TPSA) is 18.5 Å². The first-order valence-electron chi connectivity index (χ1n) is 9.77. The van der Waals surface area contributed by atoms with E-state index in [-0.39, 0.29) is 0 Å². The van der Waals surface area contributed by atoms with E-state index in [4.69, 9.17) is 9.47 Å². The second kappa shape index (κ2) is 17.3. The molecule has 0 bridgehead atoms. The van der Waals surface area contributed by atoms with Crippen LogP contribution < -0.4 is 0 Å². The molecule has 0 heterocycles. The monoisotopic (exact) mass is 314 g/mol. The van der Waals surface area contributed by atoms with Gasteiger partial charge in [0.15, 0.2) is 0 Å². The van der Waals surface area contributed by atoms with Crippen molar-refractivity contribution in [2.75, 3.05) is 27.4 Å². The Hall–Kier alpha value is -0.0800. The highest BCUT2D eigenvalue weighted by Gasteiger charge is 2.20. The molecule has 134 valence electrons. The van der Waals surface area contributed by atoms with Gasteiger partial charge in [-0.05, 0) is 24.7 Å². The van der Waals surface area contributed by atoms with Gasteiger partial charge in [-0.15, -0.1) is 0 Å². The number of unbranched alkanes of at least 4 members (excludes halogenated alkanes) is 8. The molecule has 0 amide bonds. The Balaban J connectivity index is 4.07. The number of methoxy groups -OCH3 is 2. The van der Waals surface area contributed by atoms with E-state index in [0.717, 1.165) is 13.2 Å². The van der Waals surface area contributed by atoms with Crippen LogP contribution in [0.15, 0.2) is 0 Å². The molecular formula is C20H42O2. The zero-order valence-corrected chi connectivity index (χ0v) is 15.9. The normalized spacial score (nSPS) is 14.2. The molecule has 2 heteroatoms. The summed E-state index contributed by atoms with van der Waals surface area (Å²) in [4.78, 5) is 0. The fourth-order valence-corrected chi connectivity index (χ4v) is 3.36. The summed E-state index contributed by atoms with van der Waals surface area (Å²) in [5, 5.41) is 0. The number of rotatable bonds is 17. The summed E-state index contributed by atoms with van der Waals surface area (Å²) in [5.74, 6) is 1.36. The molecule has 0 saturated heterocycles. The zero-order chi connectivity index (χ0) is 16.5. The van der Waals surface area contributed by atoms with E-state index in [1.807, 2.05) is 14.2 Å². The second-order valence-corrected chi connectivity index (χ2v) is 6.84. The first-order chi connectivity index (χ1) is 10.8. The fourth-order valence-electron chi connectivity index (χ4n) is 3.36. The van der Waals surface area contributed by atoms with Crippen LogP contribution in [-0.4, -0.2) is 27.4 Å². The average Bonchev–Trinajstić information content (AvgIpc) is 2.53. The Bertz CT molecular complexity index is 206. The molecule has 0 aliphatic heterocycles. The predicted octanol–water partition coefficient (Wildman–Crippen LogP) is 6.23. The van der Waals surface area contributed by atoms with Gasteiger partial charge in [-0.2, -0.15) is 0 Å². The number of ether oxygens (including phenoxy) is 2. The zero-order valence-electron chi connectivity index (χ0n) is 15.9. The highest BCUT2D eigenvalue weighted by molar-refractivity contribution is 4.71. The van der Waals surface area contributed by atoms with E-state index < -0.39 is 0 Å². The minimum atomic E-state index is 0.678. The van der Waals surface area contributed by atoms with Gasteiger partial charge >= 0.3 is 0 Å². The average molecular weight is 315 g/mol. The van der Waals surface area contributed by atoms with Crippen molar-refractivity contribution in [2.45, 2.75) is 90.9 Å². The van der Waals surface area contributed by atoms with Crippen LogP contribution in [0.25, 0.3) is 0 Å². The summed E-state index contributed by atoms with van der Waals surface area (Å²) in [6, 6.07) is 0. The molecule has 0 aliphatic rings. The molecule has 0 saturated carbocycles. The Kier molecular flexibility index (Phi) is 17.2. The molecule has 2 atom stereocenters. The Morgan fingerprint density at radius 3 is 1.32 bits per heavy atom. The fraction of sp³-hybridized carbons (Fsp3) is 1.00. The van der Waals surface area contributed by atoms with Crippen LogP contribution in [-0.2, 0) is 9.47 Å². The lowest BCUT2D eigenvalue weighted by atomic mass is 9.85. The molecule has 22 heavy (non-hydrogen) atoms. The van der Waals surface area contributed by atoms with E-state index in [1.54, 1.807) is 0 Å². The lowest BCUT2D eigenvalue weighted by molar-refractivity contribution is 0.0592. The van der Waals surface area contributed by atoms with Crippen LogP contribution in [0, 0.1) is 11.8 Å². The van der Waals surface area contributed by atoms with Crippen molar-refractivity contribution in [1.29, 1.82) is 0 Å². The Morgan fingerprint density at radius 2 is 0.909 bits per heavy atom. The number of hydrogen-bond donors (Lipinski definition) is 0. The molecule has 0 aromatic heterocycles. The number of hydrogen-bond acceptors (Lipinski definition) is 2. The van der Waals surface area contributed by atoms with Crippen molar-refractivity contribution in [3.05, 3.63) is 0 Å². The van der Waals surface area contributed by atoms with Crippen LogP contribution in [0.2, 0.25) is 0 Å². The summed E-state index contributed by atoms with van der Waals surface area (Å²) in [7, 11) is 3.68. The van der Waals surface area contributed by atoms with E-state index in [2.05, 4.69) is 13.8 Å². The van der Waals surface area contributed by atoms with Crippen LogP contribution in [0.4, 0.5) is 0 Å². The van der Waals surface area contributed by atoms with Crippen molar-refractivity contribution < 1.29 is 9.47 Å². The van der Waals surface area contributed by atoms with Crippen LogP contribution >= 0.6 is 0 Å². The molecule has 0 rings (SSSR count). The molecule has 0 radical (unpaired) electrons.